The molecule has 1 aromatic carbocycles. The van der Waals surface area contributed by atoms with Gasteiger partial charge in [-0.25, -0.2) is 0 Å². The van der Waals surface area contributed by atoms with Crippen molar-refractivity contribution in [1.29, 1.82) is 5.26 Å². The fourth-order valence-electron chi connectivity index (χ4n) is 3.86. The number of hydrogen-bond donors (Lipinski definition) is 1. The van der Waals surface area contributed by atoms with Crippen LogP contribution in [0.3, 0.4) is 0 Å². The number of amidine groups is 1. The van der Waals surface area contributed by atoms with Crippen LogP contribution in [0.15, 0.2) is 47.7 Å². The second-order valence-corrected chi connectivity index (χ2v) is 7.09. The summed E-state index contributed by atoms with van der Waals surface area (Å²) in [5, 5.41) is 9.08. The first-order valence-corrected chi connectivity index (χ1v) is 8.83. The number of nitrogens with zero attached hydrogens (tertiary/aromatic N) is 3. The highest BCUT2D eigenvalue weighted by Gasteiger charge is 2.63. The van der Waals surface area contributed by atoms with Crippen molar-refractivity contribution in [3.8, 4) is 17.2 Å². The van der Waals surface area contributed by atoms with Crippen molar-refractivity contribution in [3.63, 3.8) is 0 Å². The molecule has 2 aliphatic rings. The Balaban J connectivity index is 1.87. The molecule has 2 heterocycles. The molecule has 0 bridgehead atoms. The van der Waals surface area contributed by atoms with E-state index in [1.807, 2.05) is 6.07 Å². The van der Waals surface area contributed by atoms with Crippen LogP contribution in [-0.4, -0.2) is 29.7 Å². The maximum atomic E-state index is 13.9. The van der Waals surface area contributed by atoms with Crippen LogP contribution in [0, 0.1) is 17.2 Å². The lowest BCUT2D eigenvalue weighted by molar-refractivity contribution is -0.243. The number of rotatable bonds is 3. The Morgan fingerprint density at radius 3 is 2.64 bits per heavy atom. The summed E-state index contributed by atoms with van der Waals surface area (Å²) >= 11 is 0. The molecule has 0 amide bonds. The van der Waals surface area contributed by atoms with Gasteiger partial charge in [-0.15, -0.1) is 0 Å². The molecule has 5 nitrogen and oxygen atoms in total. The monoisotopic (exact) mass is 386 g/mol. The first-order chi connectivity index (χ1) is 13.3. The molecule has 1 aliphatic carbocycles. The van der Waals surface area contributed by atoms with Crippen LogP contribution >= 0.6 is 0 Å². The maximum Gasteiger partial charge on any atom is 0.417 e. The van der Waals surface area contributed by atoms with Gasteiger partial charge in [-0.2, -0.15) is 18.4 Å². The van der Waals surface area contributed by atoms with Crippen molar-refractivity contribution in [3.05, 3.63) is 53.9 Å². The molecule has 1 aromatic heterocycles. The van der Waals surface area contributed by atoms with Gasteiger partial charge in [0.1, 0.15) is 24.1 Å². The molecule has 2 atom stereocenters. The molecule has 2 N–H and O–H groups in total. The van der Waals surface area contributed by atoms with Gasteiger partial charge in [-0.3, -0.25) is 9.98 Å². The Bertz CT molecular complexity index is 978. The number of aromatic nitrogens is 1. The van der Waals surface area contributed by atoms with Crippen LogP contribution in [0.1, 0.15) is 24.0 Å². The average Bonchev–Trinajstić information content (AvgIpc) is 3.52. The highest BCUT2D eigenvalue weighted by molar-refractivity contribution is 5.83. The van der Waals surface area contributed by atoms with Crippen LogP contribution in [0.5, 0.6) is 0 Å². The summed E-state index contributed by atoms with van der Waals surface area (Å²) in [7, 11) is 0. The van der Waals surface area contributed by atoms with E-state index in [0.29, 0.717) is 35.1 Å². The predicted molar refractivity (Wildman–Crippen MR) is 96.2 cm³/mol. The van der Waals surface area contributed by atoms with E-state index >= 15 is 0 Å². The van der Waals surface area contributed by atoms with Gasteiger partial charge in [0.25, 0.3) is 0 Å². The van der Waals surface area contributed by atoms with Crippen LogP contribution in [-0.2, 0) is 10.3 Å². The van der Waals surface area contributed by atoms with Gasteiger partial charge in [-0.05, 0) is 42.0 Å². The molecule has 28 heavy (non-hydrogen) atoms. The minimum atomic E-state index is -4.58. The van der Waals surface area contributed by atoms with Crippen molar-refractivity contribution in [2.45, 2.75) is 30.7 Å². The predicted octanol–water partition coefficient (Wildman–Crippen LogP) is 3.54. The van der Waals surface area contributed by atoms with Crippen LogP contribution in [0.4, 0.5) is 13.2 Å². The summed E-state index contributed by atoms with van der Waals surface area (Å²) in [5.74, 6) is -0.234. The van der Waals surface area contributed by atoms with Crippen LogP contribution in [0.25, 0.3) is 11.1 Å². The molecule has 4 rings (SSSR count). The third-order valence-electron chi connectivity index (χ3n) is 5.15. The molecule has 8 heteroatoms. The number of hydrogen-bond acceptors (Lipinski definition) is 5. The number of benzene rings is 1. The second kappa shape index (κ2) is 6.60. The topological polar surface area (TPSA) is 84.3 Å². The Labute approximate surface area is 159 Å². The van der Waals surface area contributed by atoms with E-state index in [1.165, 1.54) is 6.20 Å². The highest BCUT2D eigenvalue weighted by atomic mass is 19.4. The van der Waals surface area contributed by atoms with E-state index in [9.17, 15) is 13.2 Å². The van der Waals surface area contributed by atoms with Crippen molar-refractivity contribution < 1.29 is 17.9 Å². The molecular weight excluding hydrogens is 369 g/mol. The van der Waals surface area contributed by atoms with Crippen LogP contribution in [0.2, 0.25) is 0 Å². The normalized spacial score (nSPS) is 25.1. The number of pyridine rings is 1. The SMILES string of the molecule is N#Cc1cncc(-c2cccc(C3(C4CC4)N=C(N)COC3C(F)(F)F)c2)c1. The summed E-state index contributed by atoms with van der Waals surface area (Å²) in [4.78, 5) is 8.37. The van der Waals surface area contributed by atoms with Crippen molar-refractivity contribution in [2.75, 3.05) is 6.61 Å². The smallest absolute Gasteiger partial charge is 0.386 e. The van der Waals surface area contributed by atoms with Gasteiger partial charge in [0, 0.05) is 18.0 Å². The molecule has 2 unspecified atom stereocenters. The molecule has 0 spiro atoms. The second-order valence-electron chi connectivity index (χ2n) is 7.09. The molecule has 0 radical (unpaired) electrons. The quantitative estimate of drug-likeness (QED) is 0.874. The standard InChI is InChI=1S/C20H17F3N4O/c21-20(22,23)18-19(15-4-5-15,27-17(25)11-28-18)16-3-1-2-13(7-16)14-6-12(8-24)9-26-10-14/h1-3,6-7,9-10,15,18H,4-5,11H2,(H2,25,27). The van der Waals surface area contributed by atoms with Gasteiger partial charge < -0.3 is 10.5 Å². The van der Waals surface area contributed by atoms with E-state index in [1.54, 1.807) is 36.5 Å². The zero-order valence-corrected chi connectivity index (χ0v) is 14.8. The molecule has 1 aliphatic heterocycles. The average molecular weight is 386 g/mol. The summed E-state index contributed by atoms with van der Waals surface area (Å²) in [6, 6.07) is 10.4. The third kappa shape index (κ3) is 3.12. The fraction of sp³-hybridized carbons (Fsp3) is 0.350. The van der Waals surface area contributed by atoms with Gasteiger partial charge in [0.15, 0.2) is 6.10 Å². The zero-order valence-electron chi connectivity index (χ0n) is 14.8. The van der Waals surface area contributed by atoms with Crippen LogP contribution < -0.4 is 5.73 Å². The number of aliphatic imine (C=N–C) groups is 1. The summed E-state index contributed by atoms with van der Waals surface area (Å²) in [6.07, 6.45) is -2.38. The lowest BCUT2D eigenvalue weighted by Gasteiger charge is -2.42. The highest BCUT2D eigenvalue weighted by Crippen LogP contribution is 2.55. The summed E-state index contributed by atoms with van der Waals surface area (Å²) < 4.78 is 46.8. The number of alkyl halides is 3. The van der Waals surface area contributed by atoms with Gasteiger partial charge in [0.2, 0.25) is 0 Å². The molecule has 1 fully saturated rings. The number of ether oxygens (including phenoxy) is 1. The maximum absolute atomic E-state index is 13.9. The molecule has 0 saturated heterocycles. The first kappa shape index (κ1) is 18.4. The molecule has 1 saturated carbocycles. The van der Waals surface area contributed by atoms with Gasteiger partial charge >= 0.3 is 6.18 Å². The van der Waals surface area contributed by atoms with E-state index in [4.69, 9.17) is 15.7 Å². The van der Waals surface area contributed by atoms with E-state index in [2.05, 4.69) is 9.98 Å². The van der Waals surface area contributed by atoms with Crippen molar-refractivity contribution in [2.24, 2.45) is 16.6 Å². The van der Waals surface area contributed by atoms with E-state index in [0.717, 1.165) is 0 Å². The largest absolute Gasteiger partial charge is 0.417 e. The Morgan fingerprint density at radius 1 is 1.18 bits per heavy atom. The number of halogens is 3. The molecular formula is C20H17F3N4O. The Kier molecular flexibility index (Phi) is 4.35. The summed E-state index contributed by atoms with van der Waals surface area (Å²) in [6.45, 7) is -0.341. The van der Waals surface area contributed by atoms with Gasteiger partial charge in [-0.1, -0.05) is 18.2 Å². The summed E-state index contributed by atoms with van der Waals surface area (Å²) in [5.41, 5.74) is 6.29. The van der Waals surface area contributed by atoms with Crippen molar-refractivity contribution in [1.82, 2.24) is 4.98 Å². The lowest BCUT2D eigenvalue weighted by Crippen LogP contribution is -2.55. The first-order valence-electron chi connectivity index (χ1n) is 8.83. The Hall–Kier alpha value is -2.92. The number of nitriles is 1. The minimum Gasteiger partial charge on any atom is -0.386 e. The fourth-order valence-corrected chi connectivity index (χ4v) is 3.86. The lowest BCUT2D eigenvalue weighted by atomic mass is 9.78. The molecule has 2 aromatic rings. The third-order valence-corrected chi connectivity index (χ3v) is 5.15. The van der Waals surface area contributed by atoms with E-state index < -0.39 is 17.8 Å². The van der Waals surface area contributed by atoms with Crippen molar-refractivity contribution >= 4 is 5.84 Å². The minimum absolute atomic E-state index is 0.0611. The zero-order chi connectivity index (χ0) is 19.9. The number of nitrogens with two attached hydrogens (primary N) is 1. The Morgan fingerprint density at radius 2 is 1.96 bits per heavy atom. The molecule has 144 valence electrons. The van der Waals surface area contributed by atoms with E-state index in [-0.39, 0.29) is 18.4 Å². The van der Waals surface area contributed by atoms with Gasteiger partial charge in [0.05, 0.1) is 5.56 Å².